The standard InChI is InChI=1S/C21H20N2OS/c1-23(16-14-17-7-3-2-4-8-17)21(24)18-10-12-19(13-11-18)25-20-9-5-6-15-22-20/h2-13,15H,14,16H2,1H3. The summed E-state index contributed by atoms with van der Waals surface area (Å²) in [5.41, 5.74) is 1.95. The maximum absolute atomic E-state index is 12.5. The number of aromatic nitrogens is 1. The molecule has 0 aliphatic carbocycles. The molecule has 126 valence electrons. The first-order valence-corrected chi connectivity index (χ1v) is 9.02. The van der Waals surface area contributed by atoms with Crippen molar-refractivity contribution < 1.29 is 4.79 Å². The van der Waals surface area contributed by atoms with Gasteiger partial charge >= 0.3 is 0 Å². The Hall–Kier alpha value is -2.59. The van der Waals surface area contributed by atoms with E-state index < -0.39 is 0 Å². The maximum atomic E-state index is 12.5. The van der Waals surface area contributed by atoms with Crippen LogP contribution in [0.4, 0.5) is 0 Å². The fourth-order valence-electron chi connectivity index (χ4n) is 2.46. The number of carbonyl (C=O) groups is 1. The van der Waals surface area contributed by atoms with Crippen LogP contribution in [0.25, 0.3) is 0 Å². The highest BCUT2D eigenvalue weighted by molar-refractivity contribution is 7.99. The Labute approximate surface area is 152 Å². The Balaban J connectivity index is 1.58. The molecule has 0 N–H and O–H groups in total. The predicted molar refractivity (Wildman–Crippen MR) is 102 cm³/mol. The second-order valence-corrected chi connectivity index (χ2v) is 6.85. The van der Waals surface area contributed by atoms with Gasteiger partial charge in [0.25, 0.3) is 5.91 Å². The van der Waals surface area contributed by atoms with Crippen LogP contribution in [-0.2, 0) is 6.42 Å². The molecule has 0 unspecified atom stereocenters. The number of hydrogen-bond donors (Lipinski definition) is 0. The molecule has 0 bridgehead atoms. The molecule has 0 aliphatic heterocycles. The number of hydrogen-bond acceptors (Lipinski definition) is 3. The van der Waals surface area contributed by atoms with Crippen LogP contribution in [0.2, 0.25) is 0 Å². The molecule has 0 saturated heterocycles. The van der Waals surface area contributed by atoms with E-state index in [2.05, 4.69) is 17.1 Å². The normalized spacial score (nSPS) is 10.4. The van der Waals surface area contributed by atoms with Crippen molar-refractivity contribution in [1.29, 1.82) is 0 Å². The van der Waals surface area contributed by atoms with Crippen molar-refractivity contribution in [2.75, 3.05) is 13.6 Å². The second-order valence-electron chi connectivity index (χ2n) is 5.76. The van der Waals surface area contributed by atoms with Gasteiger partial charge in [-0.05, 0) is 48.4 Å². The molecule has 4 heteroatoms. The van der Waals surface area contributed by atoms with Gasteiger partial charge in [0.2, 0.25) is 0 Å². The molecule has 0 radical (unpaired) electrons. The van der Waals surface area contributed by atoms with Crippen LogP contribution < -0.4 is 0 Å². The molecule has 1 amide bonds. The van der Waals surface area contributed by atoms with Crippen LogP contribution >= 0.6 is 11.8 Å². The Morgan fingerprint density at radius 1 is 0.960 bits per heavy atom. The van der Waals surface area contributed by atoms with Crippen molar-refractivity contribution in [3.63, 3.8) is 0 Å². The minimum Gasteiger partial charge on any atom is -0.341 e. The van der Waals surface area contributed by atoms with Crippen LogP contribution in [0.15, 0.2) is 88.9 Å². The number of amides is 1. The van der Waals surface area contributed by atoms with E-state index in [0.717, 1.165) is 16.3 Å². The number of carbonyl (C=O) groups excluding carboxylic acids is 1. The SMILES string of the molecule is CN(CCc1ccccc1)C(=O)c1ccc(Sc2ccccn2)cc1. The average molecular weight is 348 g/mol. The van der Waals surface area contributed by atoms with Crippen LogP contribution in [0.1, 0.15) is 15.9 Å². The molecular weight excluding hydrogens is 328 g/mol. The van der Waals surface area contributed by atoms with E-state index in [4.69, 9.17) is 0 Å². The first-order chi connectivity index (χ1) is 12.2. The third-order valence-electron chi connectivity index (χ3n) is 3.89. The van der Waals surface area contributed by atoms with E-state index in [1.807, 2.05) is 67.7 Å². The van der Waals surface area contributed by atoms with Crippen LogP contribution in [-0.4, -0.2) is 29.4 Å². The Morgan fingerprint density at radius 2 is 1.68 bits per heavy atom. The summed E-state index contributed by atoms with van der Waals surface area (Å²) in [5.74, 6) is 0.0466. The van der Waals surface area contributed by atoms with Gasteiger partial charge in [-0.2, -0.15) is 0 Å². The molecule has 3 nitrogen and oxygen atoms in total. The first kappa shape index (κ1) is 17.2. The third kappa shape index (κ3) is 4.94. The zero-order valence-corrected chi connectivity index (χ0v) is 14.9. The van der Waals surface area contributed by atoms with Gasteiger partial charge in [0, 0.05) is 30.2 Å². The lowest BCUT2D eigenvalue weighted by molar-refractivity contribution is 0.0796. The van der Waals surface area contributed by atoms with Crippen LogP contribution in [0, 0.1) is 0 Å². The van der Waals surface area contributed by atoms with Gasteiger partial charge in [-0.1, -0.05) is 48.2 Å². The van der Waals surface area contributed by atoms with E-state index in [1.165, 1.54) is 5.56 Å². The molecule has 0 fully saturated rings. The highest BCUT2D eigenvalue weighted by atomic mass is 32.2. The topological polar surface area (TPSA) is 33.2 Å². The highest BCUT2D eigenvalue weighted by Crippen LogP contribution is 2.25. The zero-order valence-electron chi connectivity index (χ0n) is 14.1. The van der Waals surface area contributed by atoms with Gasteiger partial charge in [0.1, 0.15) is 5.03 Å². The van der Waals surface area contributed by atoms with E-state index in [9.17, 15) is 4.79 Å². The molecule has 0 atom stereocenters. The Bertz CT molecular complexity index is 804. The van der Waals surface area contributed by atoms with Crippen molar-refractivity contribution >= 4 is 17.7 Å². The van der Waals surface area contributed by atoms with Crippen molar-refractivity contribution in [2.45, 2.75) is 16.3 Å². The lowest BCUT2D eigenvalue weighted by Crippen LogP contribution is -2.28. The molecule has 3 aromatic rings. The van der Waals surface area contributed by atoms with E-state index in [1.54, 1.807) is 22.9 Å². The van der Waals surface area contributed by atoms with E-state index >= 15 is 0 Å². The van der Waals surface area contributed by atoms with Gasteiger partial charge in [0.15, 0.2) is 0 Å². The minimum absolute atomic E-state index is 0.0466. The largest absolute Gasteiger partial charge is 0.341 e. The van der Waals surface area contributed by atoms with Gasteiger partial charge in [-0.3, -0.25) is 4.79 Å². The van der Waals surface area contributed by atoms with Gasteiger partial charge in [0.05, 0.1) is 0 Å². The number of pyridine rings is 1. The van der Waals surface area contributed by atoms with Crippen molar-refractivity contribution in [3.05, 3.63) is 90.1 Å². The maximum Gasteiger partial charge on any atom is 0.253 e. The van der Waals surface area contributed by atoms with Crippen molar-refractivity contribution in [2.24, 2.45) is 0 Å². The lowest BCUT2D eigenvalue weighted by Gasteiger charge is -2.17. The molecule has 2 aromatic carbocycles. The molecule has 0 saturated carbocycles. The van der Waals surface area contributed by atoms with Crippen molar-refractivity contribution in [1.82, 2.24) is 9.88 Å². The summed E-state index contributed by atoms with van der Waals surface area (Å²) in [7, 11) is 1.85. The monoisotopic (exact) mass is 348 g/mol. The quantitative estimate of drug-likeness (QED) is 0.655. The number of rotatable bonds is 6. The van der Waals surface area contributed by atoms with Crippen LogP contribution in [0.3, 0.4) is 0 Å². The van der Waals surface area contributed by atoms with Gasteiger partial charge in [-0.15, -0.1) is 0 Å². The summed E-state index contributed by atoms with van der Waals surface area (Å²) in [4.78, 5) is 19.7. The van der Waals surface area contributed by atoms with Crippen molar-refractivity contribution in [3.8, 4) is 0 Å². The van der Waals surface area contributed by atoms with Gasteiger partial charge < -0.3 is 4.90 Å². The van der Waals surface area contributed by atoms with Gasteiger partial charge in [-0.25, -0.2) is 4.98 Å². The number of benzene rings is 2. The lowest BCUT2D eigenvalue weighted by atomic mass is 10.1. The smallest absolute Gasteiger partial charge is 0.253 e. The second kappa shape index (κ2) is 8.49. The summed E-state index contributed by atoms with van der Waals surface area (Å²) in [6.45, 7) is 0.702. The zero-order chi connectivity index (χ0) is 17.5. The molecule has 25 heavy (non-hydrogen) atoms. The fraction of sp³-hybridized carbons (Fsp3) is 0.143. The average Bonchev–Trinajstić information content (AvgIpc) is 2.68. The summed E-state index contributed by atoms with van der Waals surface area (Å²) in [5, 5.41) is 0.946. The summed E-state index contributed by atoms with van der Waals surface area (Å²) >= 11 is 1.59. The number of likely N-dealkylation sites (N-methyl/N-ethyl adjacent to an activating group) is 1. The molecule has 0 aliphatic rings. The highest BCUT2D eigenvalue weighted by Gasteiger charge is 2.11. The summed E-state index contributed by atoms with van der Waals surface area (Å²) < 4.78 is 0. The summed E-state index contributed by atoms with van der Waals surface area (Å²) in [6.07, 6.45) is 2.64. The minimum atomic E-state index is 0.0466. The summed E-state index contributed by atoms with van der Waals surface area (Å²) in [6, 6.07) is 23.8. The molecular formula is C21H20N2OS. The molecule has 0 spiro atoms. The van der Waals surface area contributed by atoms with E-state index in [-0.39, 0.29) is 5.91 Å². The van der Waals surface area contributed by atoms with Crippen LogP contribution in [0.5, 0.6) is 0 Å². The number of nitrogens with zero attached hydrogens (tertiary/aromatic N) is 2. The Morgan fingerprint density at radius 3 is 2.36 bits per heavy atom. The first-order valence-electron chi connectivity index (χ1n) is 8.21. The Kier molecular flexibility index (Phi) is 5.86. The third-order valence-corrected chi connectivity index (χ3v) is 4.85. The fourth-order valence-corrected chi connectivity index (χ4v) is 3.23. The predicted octanol–water partition coefficient (Wildman–Crippen LogP) is 4.55. The molecule has 1 aromatic heterocycles. The van der Waals surface area contributed by atoms with E-state index in [0.29, 0.717) is 12.1 Å². The molecule has 3 rings (SSSR count). The molecule has 1 heterocycles.